The summed E-state index contributed by atoms with van der Waals surface area (Å²) in [6.07, 6.45) is 0.597. The molecule has 0 spiro atoms. The van der Waals surface area contributed by atoms with Crippen LogP contribution >= 0.6 is 0 Å². The molecular formula is C29H42O12. The summed E-state index contributed by atoms with van der Waals surface area (Å²) in [6, 6.07) is 0. The fraction of sp³-hybridized carbons (Fsp3) is 0.552. The zero-order chi connectivity index (χ0) is 30.7. The number of esters is 1. The van der Waals surface area contributed by atoms with E-state index >= 15 is 0 Å². The van der Waals surface area contributed by atoms with Crippen LogP contribution in [0.3, 0.4) is 0 Å². The molecule has 0 aromatic carbocycles. The lowest BCUT2D eigenvalue weighted by Gasteiger charge is -2.42. The number of hydrogen-bond donors (Lipinski definition) is 7. The fourth-order valence-corrected chi connectivity index (χ4v) is 3.95. The molecule has 0 aliphatic carbocycles. The van der Waals surface area contributed by atoms with Gasteiger partial charge in [0.2, 0.25) is 6.29 Å². The normalized spacial score (nSPS) is 36.0. The van der Waals surface area contributed by atoms with Gasteiger partial charge < -0.3 is 54.7 Å². The summed E-state index contributed by atoms with van der Waals surface area (Å²) in [5.74, 6) is -0.845. The molecule has 12 nitrogen and oxygen atoms in total. The van der Waals surface area contributed by atoms with E-state index in [1.807, 2.05) is 57.2 Å². The molecule has 2 aliphatic rings. The van der Waals surface area contributed by atoms with Gasteiger partial charge in [0.25, 0.3) is 0 Å². The third-order valence-electron chi connectivity index (χ3n) is 6.45. The van der Waals surface area contributed by atoms with Crippen molar-refractivity contribution in [3.05, 3.63) is 71.4 Å². The van der Waals surface area contributed by atoms with E-state index < -0.39 is 80.6 Å². The highest BCUT2D eigenvalue weighted by Gasteiger charge is 2.48. The molecule has 41 heavy (non-hydrogen) atoms. The molecule has 0 aromatic heterocycles. The molecule has 12 heteroatoms. The molecule has 0 amide bonds. The number of allylic oxidation sites excluding steroid dienone is 11. The number of carbonyl (C=O) groups excluding carboxylic acids is 1. The fourth-order valence-electron chi connectivity index (χ4n) is 3.95. The van der Waals surface area contributed by atoms with E-state index in [0.29, 0.717) is 0 Å². The predicted molar refractivity (Wildman–Crippen MR) is 147 cm³/mol. The molecule has 230 valence electrons. The molecular weight excluding hydrogens is 540 g/mol. The Kier molecular flexibility index (Phi) is 14.2. The molecule has 7 N–H and O–H groups in total. The Balaban J connectivity index is 1.97. The SMILES string of the molecule is C/C=C/C(C)=C/C=C/C=C(C)/C=C/C=C(\C)C(=O)OC1OC(COC2OC(CO)C(O)C(O)C2O)C(O)C(O)C1O. The van der Waals surface area contributed by atoms with Crippen molar-refractivity contribution >= 4 is 5.97 Å². The molecule has 2 rings (SSSR count). The van der Waals surface area contributed by atoms with Crippen molar-refractivity contribution in [3.63, 3.8) is 0 Å². The van der Waals surface area contributed by atoms with Crippen molar-refractivity contribution in [2.45, 2.75) is 89.1 Å². The topological polar surface area (TPSA) is 196 Å². The van der Waals surface area contributed by atoms with Gasteiger partial charge in [0.1, 0.15) is 48.8 Å². The lowest BCUT2D eigenvalue weighted by atomic mass is 9.98. The van der Waals surface area contributed by atoms with Gasteiger partial charge in [0.05, 0.1) is 13.2 Å². The van der Waals surface area contributed by atoms with Crippen molar-refractivity contribution in [2.24, 2.45) is 0 Å². The van der Waals surface area contributed by atoms with E-state index in [2.05, 4.69) is 0 Å². The molecule has 0 saturated carbocycles. The van der Waals surface area contributed by atoms with E-state index in [-0.39, 0.29) is 5.57 Å². The maximum atomic E-state index is 12.6. The van der Waals surface area contributed by atoms with E-state index in [4.69, 9.17) is 18.9 Å². The van der Waals surface area contributed by atoms with Crippen LogP contribution in [0.1, 0.15) is 27.7 Å². The van der Waals surface area contributed by atoms with Crippen molar-refractivity contribution in [1.29, 1.82) is 0 Å². The highest BCUT2D eigenvalue weighted by atomic mass is 16.7. The summed E-state index contributed by atoms with van der Waals surface area (Å²) in [4.78, 5) is 12.6. The second-order valence-corrected chi connectivity index (χ2v) is 9.87. The Hall–Kier alpha value is -2.49. The van der Waals surface area contributed by atoms with Gasteiger partial charge in [-0.3, -0.25) is 0 Å². The van der Waals surface area contributed by atoms with Crippen molar-refractivity contribution in [3.8, 4) is 0 Å². The Labute approximate surface area is 239 Å². The number of ether oxygens (including phenoxy) is 4. The molecule has 2 saturated heterocycles. The number of aliphatic hydroxyl groups is 7. The molecule has 2 heterocycles. The molecule has 0 aromatic rings. The van der Waals surface area contributed by atoms with Crippen LogP contribution in [-0.2, 0) is 23.7 Å². The summed E-state index contributed by atoms with van der Waals surface area (Å²) in [5.41, 5.74) is 2.20. The molecule has 10 unspecified atom stereocenters. The molecule has 2 fully saturated rings. The van der Waals surface area contributed by atoms with Crippen molar-refractivity contribution < 1.29 is 59.5 Å². The zero-order valence-corrected chi connectivity index (χ0v) is 23.6. The summed E-state index contributed by atoms with van der Waals surface area (Å²) in [6.45, 7) is 6.11. The Morgan fingerprint density at radius 2 is 1.24 bits per heavy atom. The van der Waals surface area contributed by atoms with Crippen LogP contribution in [-0.4, -0.2) is 116 Å². The zero-order valence-electron chi connectivity index (χ0n) is 23.6. The minimum atomic E-state index is -1.77. The number of carbonyl (C=O) groups is 1. The summed E-state index contributed by atoms with van der Waals surface area (Å²) >= 11 is 0. The lowest BCUT2D eigenvalue weighted by molar-refractivity contribution is -0.326. The van der Waals surface area contributed by atoms with Gasteiger partial charge >= 0.3 is 5.97 Å². The average Bonchev–Trinajstić information content (AvgIpc) is 2.94. The molecule has 0 bridgehead atoms. The van der Waals surface area contributed by atoms with Crippen LogP contribution in [0.15, 0.2) is 71.4 Å². The Morgan fingerprint density at radius 3 is 1.83 bits per heavy atom. The summed E-state index contributed by atoms with van der Waals surface area (Å²) < 4.78 is 21.3. The first-order chi connectivity index (χ1) is 19.4. The average molecular weight is 583 g/mol. The second kappa shape index (κ2) is 16.8. The van der Waals surface area contributed by atoms with Gasteiger partial charge in [-0.05, 0) is 27.7 Å². The van der Waals surface area contributed by atoms with Crippen LogP contribution in [0.5, 0.6) is 0 Å². The number of rotatable bonds is 11. The molecule has 0 radical (unpaired) electrons. The minimum Gasteiger partial charge on any atom is -0.429 e. The first kappa shape index (κ1) is 34.7. The van der Waals surface area contributed by atoms with E-state index in [1.165, 1.54) is 13.0 Å². The van der Waals surface area contributed by atoms with E-state index in [1.54, 1.807) is 12.2 Å². The van der Waals surface area contributed by atoms with E-state index in [0.717, 1.165) is 11.1 Å². The monoisotopic (exact) mass is 582 g/mol. The maximum Gasteiger partial charge on any atom is 0.336 e. The first-order valence-corrected chi connectivity index (χ1v) is 13.2. The Morgan fingerprint density at radius 1 is 0.707 bits per heavy atom. The van der Waals surface area contributed by atoms with Gasteiger partial charge in [-0.15, -0.1) is 0 Å². The molecule has 10 atom stereocenters. The summed E-state index contributed by atoms with van der Waals surface area (Å²) in [5, 5.41) is 70.1. The predicted octanol–water partition coefficient (Wildman–Crippen LogP) is -0.319. The van der Waals surface area contributed by atoms with Gasteiger partial charge in [-0.2, -0.15) is 0 Å². The van der Waals surface area contributed by atoms with Gasteiger partial charge in [0, 0.05) is 5.57 Å². The van der Waals surface area contributed by atoms with Crippen LogP contribution < -0.4 is 0 Å². The first-order valence-electron chi connectivity index (χ1n) is 13.2. The quantitative estimate of drug-likeness (QED) is 0.0955. The minimum absolute atomic E-state index is 0.167. The van der Waals surface area contributed by atoms with Crippen LogP contribution in [0.4, 0.5) is 0 Å². The van der Waals surface area contributed by atoms with Crippen LogP contribution in [0, 0.1) is 0 Å². The van der Waals surface area contributed by atoms with Crippen LogP contribution in [0.25, 0.3) is 0 Å². The van der Waals surface area contributed by atoms with Crippen LogP contribution in [0.2, 0.25) is 0 Å². The maximum absolute atomic E-state index is 12.6. The number of hydrogen-bond acceptors (Lipinski definition) is 12. The van der Waals surface area contributed by atoms with Crippen molar-refractivity contribution in [1.82, 2.24) is 0 Å². The third-order valence-corrected chi connectivity index (χ3v) is 6.45. The molecule has 2 aliphatic heterocycles. The van der Waals surface area contributed by atoms with E-state index in [9.17, 15) is 40.5 Å². The standard InChI is InChI=1S/C29H42O12/c1-5-9-16(2)10-6-7-11-17(3)12-8-13-18(4)27(37)41-29-26(36)24(34)22(32)20(40-29)15-38-28-25(35)23(33)21(31)19(14-30)39-28/h5-13,19-26,28-36H,14-15H2,1-4H3/b7-6+,9-5+,12-8+,16-10+,17-11+,18-13+. The highest BCUT2D eigenvalue weighted by Crippen LogP contribution is 2.26. The van der Waals surface area contributed by atoms with Gasteiger partial charge in [0.15, 0.2) is 6.29 Å². The lowest BCUT2D eigenvalue weighted by Crippen LogP contribution is -2.61. The highest BCUT2D eigenvalue weighted by molar-refractivity contribution is 5.88. The van der Waals surface area contributed by atoms with Gasteiger partial charge in [-0.1, -0.05) is 65.8 Å². The third kappa shape index (κ3) is 10.1. The van der Waals surface area contributed by atoms with Gasteiger partial charge in [-0.25, -0.2) is 4.79 Å². The van der Waals surface area contributed by atoms with Crippen molar-refractivity contribution in [2.75, 3.05) is 13.2 Å². The largest absolute Gasteiger partial charge is 0.429 e. The second-order valence-electron chi connectivity index (χ2n) is 9.87. The summed E-state index contributed by atoms with van der Waals surface area (Å²) in [7, 11) is 0. The smallest absolute Gasteiger partial charge is 0.336 e. The Bertz CT molecular complexity index is 1030. The number of aliphatic hydroxyl groups excluding tert-OH is 7.